The highest BCUT2D eigenvalue weighted by Gasteiger charge is 2.38. The molecule has 0 aromatic carbocycles. The molecule has 2 unspecified atom stereocenters. The van der Waals surface area contributed by atoms with Crippen molar-refractivity contribution in [2.24, 2.45) is 11.3 Å². The largest absolute Gasteiger partial charge is 0.356 e. The summed E-state index contributed by atoms with van der Waals surface area (Å²) in [5.74, 6) is 0.415. The summed E-state index contributed by atoms with van der Waals surface area (Å²) in [5, 5.41) is 3.13. The van der Waals surface area contributed by atoms with E-state index in [1.54, 1.807) is 0 Å². The van der Waals surface area contributed by atoms with Crippen LogP contribution in [0.3, 0.4) is 0 Å². The Morgan fingerprint density at radius 3 is 2.73 bits per heavy atom. The summed E-state index contributed by atoms with van der Waals surface area (Å²) in [6, 6.07) is 0. The topological polar surface area (TPSA) is 29.1 Å². The van der Waals surface area contributed by atoms with Crippen molar-refractivity contribution in [2.45, 2.75) is 51.8 Å². The number of hydrogen-bond acceptors (Lipinski definition) is 1. The molecule has 0 aromatic rings. The van der Waals surface area contributed by atoms with Crippen molar-refractivity contribution < 1.29 is 4.79 Å². The molecule has 1 saturated carbocycles. The van der Waals surface area contributed by atoms with Gasteiger partial charge in [-0.2, -0.15) is 0 Å². The van der Waals surface area contributed by atoms with Gasteiger partial charge in [0.05, 0.1) is 0 Å². The lowest BCUT2D eigenvalue weighted by Gasteiger charge is -2.25. The van der Waals surface area contributed by atoms with Crippen LogP contribution in [0.25, 0.3) is 0 Å². The van der Waals surface area contributed by atoms with E-state index < -0.39 is 0 Å². The van der Waals surface area contributed by atoms with Gasteiger partial charge in [-0.05, 0) is 31.6 Å². The highest BCUT2D eigenvalue weighted by Crippen LogP contribution is 2.42. The molecule has 0 aromatic heterocycles. The standard InChI is InChI=1S/C12H22ClNO/c1-9(13)6-8-14-11(15)10-5-4-7-12(10,2)3/h9-10H,4-8H2,1-3H3,(H,14,15). The summed E-state index contributed by atoms with van der Waals surface area (Å²) in [4.78, 5) is 11.9. The van der Waals surface area contributed by atoms with Crippen molar-refractivity contribution in [3.63, 3.8) is 0 Å². The molecule has 1 amide bonds. The second-order valence-corrected chi connectivity index (χ2v) is 6.04. The first-order valence-corrected chi connectivity index (χ1v) is 6.29. The van der Waals surface area contributed by atoms with Crippen LogP contribution in [0.5, 0.6) is 0 Å². The van der Waals surface area contributed by atoms with Gasteiger partial charge < -0.3 is 5.32 Å². The molecule has 0 radical (unpaired) electrons. The Labute approximate surface area is 97.8 Å². The Hall–Kier alpha value is -0.240. The molecule has 0 saturated heterocycles. The van der Waals surface area contributed by atoms with Crippen LogP contribution in [0, 0.1) is 11.3 Å². The number of carbonyl (C=O) groups is 1. The second-order valence-electron chi connectivity index (χ2n) is 5.29. The maximum Gasteiger partial charge on any atom is 0.223 e. The molecule has 0 heterocycles. The molecule has 1 aliphatic rings. The van der Waals surface area contributed by atoms with E-state index >= 15 is 0 Å². The zero-order chi connectivity index (χ0) is 11.5. The zero-order valence-corrected chi connectivity index (χ0v) is 10.7. The average molecular weight is 232 g/mol. The minimum Gasteiger partial charge on any atom is -0.356 e. The molecule has 2 atom stereocenters. The molecule has 1 rings (SSSR count). The highest BCUT2D eigenvalue weighted by molar-refractivity contribution is 6.20. The Morgan fingerprint density at radius 1 is 1.60 bits per heavy atom. The molecule has 1 fully saturated rings. The third-order valence-electron chi connectivity index (χ3n) is 3.42. The van der Waals surface area contributed by atoms with Gasteiger partial charge in [0.25, 0.3) is 0 Å². The first kappa shape index (κ1) is 12.8. The van der Waals surface area contributed by atoms with E-state index in [-0.39, 0.29) is 22.6 Å². The summed E-state index contributed by atoms with van der Waals surface area (Å²) in [7, 11) is 0. The van der Waals surface area contributed by atoms with Crippen LogP contribution in [-0.4, -0.2) is 17.8 Å². The molecule has 0 spiro atoms. The van der Waals surface area contributed by atoms with E-state index in [0.29, 0.717) is 6.54 Å². The molecular formula is C12H22ClNO. The lowest BCUT2D eigenvalue weighted by molar-refractivity contribution is -0.127. The Kier molecular flexibility index (Phi) is 4.45. The summed E-state index contributed by atoms with van der Waals surface area (Å²) >= 11 is 5.83. The fourth-order valence-electron chi connectivity index (χ4n) is 2.33. The first-order chi connectivity index (χ1) is 6.93. The van der Waals surface area contributed by atoms with Crippen LogP contribution in [0.15, 0.2) is 0 Å². The maximum atomic E-state index is 11.9. The summed E-state index contributed by atoms with van der Waals surface area (Å²) in [5.41, 5.74) is 0.177. The van der Waals surface area contributed by atoms with Crippen LogP contribution < -0.4 is 5.32 Å². The predicted octanol–water partition coefficient (Wildman–Crippen LogP) is 2.95. The zero-order valence-electron chi connectivity index (χ0n) is 9.98. The molecule has 1 N–H and O–H groups in total. The number of alkyl halides is 1. The van der Waals surface area contributed by atoms with E-state index in [0.717, 1.165) is 19.3 Å². The smallest absolute Gasteiger partial charge is 0.223 e. The monoisotopic (exact) mass is 231 g/mol. The molecule has 0 bridgehead atoms. The summed E-state index contributed by atoms with van der Waals surface area (Å²) in [6.07, 6.45) is 4.23. The van der Waals surface area contributed by atoms with Crippen LogP contribution in [0.4, 0.5) is 0 Å². The van der Waals surface area contributed by atoms with E-state index in [9.17, 15) is 4.79 Å². The van der Waals surface area contributed by atoms with E-state index in [4.69, 9.17) is 11.6 Å². The molecule has 3 heteroatoms. The number of nitrogens with one attached hydrogen (secondary N) is 1. The van der Waals surface area contributed by atoms with E-state index in [1.807, 2.05) is 6.92 Å². The number of carbonyl (C=O) groups excluding carboxylic acids is 1. The normalized spacial score (nSPS) is 26.3. The molecule has 88 valence electrons. The average Bonchev–Trinajstić information content (AvgIpc) is 2.44. The Morgan fingerprint density at radius 2 is 2.27 bits per heavy atom. The second kappa shape index (κ2) is 5.20. The number of hydrogen-bond donors (Lipinski definition) is 1. The Bertz CT molecular complexity index is 226. The van der Waals surface area contributed by atoms with Crippen molar-refractivity contribution in [2.75, 3.05) is 6.54 Å². The predicted molar refractivity (Wildman–Crippen MR) is 64.1 cm³/mol. The van der Waals surface area contributed by atoms with Gasteiger partial charge in [0.1, 0.15) is 0 Å². The molecule has 1 aliphatic carbocycles. The number of halogens is 1. The molecule has 15 heavy (non-hydrogen) atoms. The first-order valence-electron chi connectivity index (χ1n) is 5.85. The molecule has 0 aliphatic heterocycles. The van der Waals surface area contributed by atoms with Crippen LogP contribution in [0.1, 0.15) is 46.5 Å². The van der Waals surface area contributed by atoms with Crippen molar-refractivity contribution in [1.29, 1.82) is 0 Å². The van der Waals surface area contributed by atoms with Gasteiger partial charge in [0, 0.05) is 17.8 Å². The fourth-order valence-corrected chi connectivity index (χ4v) is 2.44. The van der Waals surface area contributed by atoms with Gasteiger partial charge in [-0.3, -0.25) is 4.79 Å². The quantitative estimate of drug-likeness (QED) is 0.741. The SMILES string of the molecule is CC(Cl)CCNC(=O)C1CCCC1(C)C. The minimum absolute atomic E-state index is 0.141. The van der Waals surface area contributed by atoms with Gasteiger partial charge in [0.15, 0.2) is 0 Å². The van der Waals surface area contributed by atoms with Crippen molar-refractivity contribution in [1.82, 2.24) is 5.32 Å². The van der Waals surface area contributed by atoms with Crippen LogP contribution >= 0.6 is 11.6 Å². The van der Waals surface area contributed by atoms with Crippen LogP contribution in [-0.2, 0) is 4.79 Å². The van der Waals surface area contributed by atoms with Gasteiger partial charge in [-0.15, -0.1) is 11.6 Å². The summed E-state index contributed by atoms with van der Waals surface area (Å²) < 4.78 is 0. The van der Waals surface area contributed by atoms with Crippen molar-refractivity contribution >= 4 is 17.5 Å². The minimum atomic E-state index is 0.141. The fraction of sp³-hybridized carbons (Fsp3) is 0.917. The lowest BCUT2D eigenvalue weighted by Crippen LogP contribution is -2.37. The van der Waals surface area contributed by atoms with Gasteiger partial charge in [0.2, 0.25) is 5.91 Å². The van der Waals surface area contributed by atoms with Gasteiger partial charge in [-0.1, -0.05) is 20.3 Å². The Balaban J connectivity index is 2.34. The molecular weight excluding hydrogens is 210 g/mol. The lowest BCUT2D eigenvalue weighted by atomic mass is 9.81. The van der Waals surface area contributed by atoms with Gasteiger partial charge in [-0.25, -0.2) is 0 Å². The van der Waals surface area contributed by atoms with Gasteiger partial charge >= 0.3 is 0 Å². The highest BCUT2D eigenvalue weighted by atomic mass is 35.5. The van der Waals surface area contributed by atoms with Crippen molar-refractivity contribution in [3.05, 3.63) is 0 Å². The van der Waals surface area contributed by atoms with Crippen molar-refractivity contribution in [3.8, 4) is 0 Å². The van der Waals surface area contributed by atoms with E-state index in [2.05, 4.69) is 19.2 Å². The van der Waals surface area contributed by atoms with Crippen LogP contribution in [0.2, 0.25) is 0 Å². The number of rotatable bonds is 4. The third kappa shape index (κ3) is 3.67. The maximum absolute atomic E-state index is 11.9. The number of amides is 1. The third-order valence-corrected chi connectivity index (χ3v) is 3.63. The summed E-state index contributed by atoms with van der Waals surface area (Å²) in [6.45, 7) is 7.03. The van der Waals surface area contributed by atoms with E-state index in [1.165, 1.54) is 6.42 Å². The molecule has 2 nitrogen and oxygen atoms in total.